The van der Waals surface area contributed by atoms with Crippen LogP contribution < -0.4 is 9.64 Å². The van der Waals surface area contributed by atoms with Crippen LogP contribution in [0.15, 0.2) is 48.5 Å². The van der Waals surface area contributed by atoms with Crippen molar-refractivity contribution in [3.63, 3.8) is 0 Å². The number of piperazine rings is 1. The fraction of sp³-hybridized carbons (Fsp3) is 0.350. The molecule has 0 spiro atoms. The highest BCUT2D eigenvalue weighted by Crippen LogP contribution is 2.17. The topological polar surface area (TPSA) is 32.8 Å². The lowest BCUT2D eigenvalue weighted by Gasteiger charge is -2.35. The Kier molecular flexibility index (Phi) is 5.16. The van der Waals surface area contributed by atoms with Gasteiger partial charge >= 0.3 is 0 Å². The number of aryl methyl sites for hydroxylation is 1. The summed E-state index contributed by atoms with van der Waals surface area (Å²) >= 11 is 0. The van der Waals surface area contributed by atoms with Crippen molar-refractivity contribution in [1.82, 2.24) is 4.90 Å². The van der Waals surface area contributed by atoms with E-state index in [1.54, 1.807) is 7.11 Å². The summed E-state index contributed by atoms with van der Waals surface area (Å²) in [5.74, 6) is 0.944. The Hall–Kier alpha value is -2.33. The molecule has 0 saturated carbocycles. The summed E-state index contributed by atoms with van der Waals surface area (Å²) in [6, 6.07) is 16.0. The minimum Gasteiger partial charge on any atom is -0.497 e. The quantitative estimate of drug-likeness (QED) is 0.792. The van der Waals surface area contributed by atoms with E-state index in [1.807, 2.05) is 24.3 Å². The molecule has 0 radical (unpaired) electrons. The lowest BCUT2D eigenvalue weighted by Crippen LogP contribution is -2.48. The molecule has 0 atom stereocenters. The van der Waals surface area contributed by atoms with Crippen LogP contribution in [-0.4, -0.2) is 50.5 Å². The van der Waals surface area contributed by atoms with Gasteiger partial charge in [0.2, 0.25) is 0 Å². The van der Waals surface area contributed by atoms with Gasteiger partial charge in [0.25, 0.3) is 0 Å². The fourth-order valence-electron chi connectivity index (χ4n) is 2.99. The van der Waals surface area contributed by atoms with Crippen LogP contribution in [0.5, 0.6) is 5.75 Å². The minimum absolute atomic E-state index is 0.168. The number of methoxy groups -OCH3 is 1. The maximum Gasteiger partial charge on any atom is 0.176 e. The first-order valence-electron chi connectivity index (χ1n) is 8.37. The fourth-order valence-corrected chi connectivity index (χ4v) is 2.99. The highest BCUT2D eigenvalue weighted by Gasteiger charge is 2.19. The molecule has 0 aliphatic carbocycles. The Labute approximate surface area is 143 Å². The number of rotatable bonds is 5. The van der Waals surface area contributed by atoms with E-state index in [0.717, 1.165) is 37.5 Å². The summed E-state index contributed by atoms with van der Waals surface area (Å²) in [6.07, 6.45) is 0. The Morgan fingerprint density at radius 1 is 0.958 bits per heavy atom. The molecule has 0 N–H and O–H groups in total. The number of nitrogens with zero attached hydrogens (tertiary/aromatic N) is 2. The van der Waals surface area contributed by atoms with Crippen molar-refractivity contribution >= 4 is 11.5 Å². The van der Waals surface area contributed by atoms with Crippen molar-refractivity contribution in [3.05, 3.63) is 59.7 Å². The van der Waals surface area contributed by atoms with Gasteiger partial charge in [-0.2, -0.15) is 0 Å². The second kappa shape index (κ2) is 7.49. The summed E-state index contributed by atoms with van der Waals surface area (Å²) in [7, 11) is 1.63. The summed E-state index contributed by atoms with van der Waals surface area (Å²) < 4.78 is 5.13. The molecule has 1 aliphatic rings. The van der Waals surface area contributed by atoms with Crippen molar-refractivity contribution in [1.29, 1.82) is 0 Å². The SMILES string of the molecule is COc1ccc(C(=O)CN2CCN(c3ccc(C)cc3)CC2)cc1. The van der Waals surface area contributed by atoms with E-state index in [2.05, 4.69) is 41.0 Å². The van der Waals surface area contributed by atoms with Crippen LogP contribution in [0.1, 0.15) is 15.9 Å². The molecule has 126 valence electrons. The summed E-state index contributed by atoms with van der Waals surface area (Å²) in [4.78, 5) is 17.0. The monoisotopic (exact) mass is 324 g/mol. The lowest BCUT2D eigenvalue weighted by molar-refractivity contribution is 0.0926. The molecule has 3 rings (SSSR count). The molecular weight excluding hydrogens is 300 g/mol. The highest BCUT2D eigenvalue weighted by molar-refractivity contribution is 5.97. The largest absolute Gasteiger partial charge is 0.497 e. The van der Waals surface area contributed by atoms with Gasteiger partial charge in [0.15, 0.2) is 5.78 Å². The third kappa shape index (κ3) is 3.95. The van der Waals surface area contributed by atoms with Crippen LogP contribution in [0.25, 0.3) is 0 Å². The number of ketones is 1. The molecular formula is C20H24N2O2. The van der Waals surface area contributed by atoms with E-state index in [0.29, 0.717) is 6.54 Å². The molecule has 0 unspecified atom stereocenters. The maximum atomic E-state index is 12.4. The summed E-state index contributed by atoms with van der Waals surface area (Å²) in [5, 5.41) is 0. The van der Waals surface area contributed by atoms with Gasteiger partial charge in [-0.25, -0.2) is 0 Å². The molecule has 2 aromatic carbocycles. The van der Waals surface area contributed by atoms with Gasteiger partial charge < -0.3 is 9.64 Å². The smallest absolute Gasteiger partial charge is 0.176 e. The summed E-state index contributed by atoms with van der Waals surface area (Å²) in [5.41, 5.74) is 3.29. The third-order valence-electron chi connectivity index (χ3n) is 4.55. The molecule has 4 nitrogen and oxygen atoms in total. The van der Waals surface area contributed by atoms with E-state index >= 15 is 0 Å². The van der Waals surface area contributed by atoms with E-state index in [-0.39, 0.29) is 5.78 Å². The minimum atomic E-state index is 0.168. The Bertz CT molecular complexity index is 672. The molecule has 0 amide bonds. The van der Waals surface area contributed by atoms with Crippen molar-refractivity contribution in [2.24, 2.45) is 0 Å². The molecule has 1 heterocycles. The molecule has 0 aromatic heterocycles. The first kappa shape index (κ1) is 16.5. The number of benzene rings is 2. The Morgan fingerprint density at radius 2 is 1.58 bits per heavy atom. The van der Waals surface area contributed by atoms with E-state index < -0.39 is 0 Å². The standard InChI is InChI=1S/C20H24N2O2/c1-16-3-7-18(8-4-16)22-13-11-21(12-14-22)15-20(23)17-5-9-19(24-2)10-6-17/h3-10H,11-15H2,1-2H3. The number of Topliss-reactive ketones (excluding diaryl/α,β-unsaturated/α-hetero) is 1. The number of carbonyl (C=O) groups excluding carboxylic acids is 1. The second-order valence-electron chi connectivity index (χ2n) is 6.25. The molecule has 1 aliphatic heterocycles. The second-order valence-corrected chi connectivity index (χ2v) is 6.25. The first-order valence-corrected chi connectivity index (χ1v) is 8.37. The predicted octanol–water partition coefficient (Wildman–Crippen LogP) is 3.01. The molecule has 1 saturated heterocycles. The molecule has 1 fully saturated rings. The van der Waals surface area contributed by atoms with E-state index in [4.69, 9.17) is 4.74 Å². The van der Waals surface area contributed by atoms with Crippen LogP contribution >= 0.6 is 0 Å². The van der Waals surface area contributed by atoms with Crippen LogP contribution in [0.3, 0.4) is 0 Å². The van der Waals surface area contributed by atoms with Gasteiger partial charge in [-0.15, -0.1) is 0 Å². The van der Waals surface area contributed by atoms with Crippen LogP contribution in [-0.2, 0) is 0 Å². The van der Waals surface area contributed by atoms with Crippen LogP contribution in [0.2, 0.25) is 0 Å². The zero-order chi connectivity index (χ0) is 16.9. The molecule has 24 heavy (non-hydrogen) atoms. The molecule has 4 heteroatoms. The highest BCUT2D eigenvalue weighted by atomic mass is 16.5. The van der Waals surface area contributed by atoms with E-state index in [1.165, 1.54) is 11.3 Å². The number of ether oxygens (including phenoxy) is 1. The average molecular weight is 324 g/mol. The summed E-state index contributed by atoms with van der Waals surface area (Å²) in [6.45, 7) is 6.32. The van der Waals surface area contributed by atoms with Gasteiger partial charge in [-0.3, -0.25) is 9.69 Å². The lowest BCUT2D eigenvalue weighted by atomic mass is 10.1. The van der Waals surface area contributed by atoms with Gasteiger partial charge in [-0.1, -0.05) is 17.7 Å². The zero-order valence-corrected chi connectivity index (χ0v) is 14.4. The normalized spacial score (nSPS) is 15.3. The van der Waals surface area contributed by atoms with Gasteiger partial charge in [0, 0.05) is 37.4 Å². The third-order valence-corrected chi connectivity index (χ3v) is 4.55. The Balaban J connectivity index is 1.52. The number of carbonyl (C=O) groups is 1. The zero-order valence-electron chi connectivity index (χ0n) is 14.4. The van der Waals surface area contributed by atoms with Crippen molar-refractivity contribution < 1.29 is 9.53 Å². The van der Waals surface area contributed by atoms with Gasteiger partial charge in [-0.05, 0) is 43.3 Å². The number of anilines is 1. The van der Waals surface area contributed by atoms with Crippen LogP contribution in [0, 0.1) is 6.92 Å². The molecule has 0 bridgehead atoms. The molecule has 2 aromatic rings. The van der Waals surface area contributed by atoms with Crippen LogP contribution in [0.4, 0.5) is 5.69 Å². The van der Waals surface area contributed by atoms with Crippen molar-refractivity contribution in [2.75, 3.05) is 44.7 Å². The van der Waals surface area contributed by atoms with E-state index in [9.17, 15) is 4.79 Å². The number of hydrogen-bond acceptors (Lipinski definition) is 4. The van der Waals surface area contributed by atoms with Gasteiger partial charge in [0.05, 0.1) is 13.7 Å². The number of hydrogen-bond donors (Lipinski definition) is 0. The van der Waals surface area contributed by atoms with Crippen molar-refractivity contribution in [2.45, 2.75) is 6.92 Å². The average Bonchev–Trinajstić information content (AvgIpc) is 2.63. The Morgan fingerprint density at radius 3 is 2.17 bits per heavy atom. The maximum absolute atomic E-state index is 12.4. The van der Waals surface area contributed by atoms with Crippen molar-refractivity contribution in [3.8, 4) is 5.75 Å². The predicted molar refractivity (Wildman–Crippen MR) is 97.2 cm³/mol. The first-order chi connectivity index (χ1) is 11.7. The van der Waals surface area contributed by atoms with Gasteiger partial charge in [0.1, 0.15) is 5.75 Å².